The van der Waals surface area contributed by atoms with Gasteiger partial charge in [-0.3, -0.25) is 9.59 Å². The molecule has 0 aliphatic rings. The van der Waals surface area contributed by atoms with Gasteiger partial charge in [-0.15, -0.1) is 22.0 Å². The summed E-state index contributed by atoms with van der Waals surface area (Å²) in [5.41, 5.74) is 2.66. The predicted octanol–water partition coefficient (Wildman–Crippen LogP) is 3.76. The van der Waals surface area contributed by atoms with Crippen LogP contribution in [0.1, 0.15) is 11.4 Å². The Morgan fingerprint density at radius 3 is 2.47 bits per heavy atom. The quantitative estimate of drug-likeness (QED) is 0.518. The van der Waals surface area contributed by atoms with Gasteiger partial charge in [0.2, 0.25) is 11.8 Å². The molecule has 0 unspecified atom stereocenters. The van der Waals surface area contributed by atoms with Crippen LogP contribution in [-0.2, 0) is 23.1 Å². The van der Waals surface area contributed by atoms with Gasteiger partial charge in [0.05, 0.1) is 17.9 Å². The number of carbonyl (C=O) groups excluding carboxylic acids is 2. The summed E-state index contributed by atoms with van der Waals surface area (Å²) in [4.78, 5) is 25.6. The molecule has 0 bridgehead atoms. The number of rotatable bonds is 8. The third-order valence-corrected chi connectivity index (χ3v) is 6.11. The van der Waals surface area contributed by atoms with Crippen LogP contribution >= 0.6 is 23.5 Å². The zero-order valence-corrected chi connectivity index (χ0v) is 18.6. The summed E-state index contributed by atoms with van der Waals surface area (Å²) < 4.78 is 1.74. The minimum Gasteiger partial charge on any atom is -0.326 e. The summed E-state index contributed by atoms with van der Waals surface area (Å²) in [5.74, 6) is 0.445. The fourth-order valence-electron chi connectivity index (χ4n) is 2.67. The maximum Gasteiger partial charge on any atom is 0.234 e. The van der Waals surface area contributed by atoms with E-state index in [4.69, 9.17) is 0 Å². The Morgan fingerprint density at radius 1 is 1.00 bits per heavy atom. The van der Waals surface area contributed by atoms with Gasteiger partial charge in [0.25, 0.3) is 0 Å². The smallest absolute Gasteiger partial charge is 0.234 e. The maximum atomic E-state index is 12.3. The molecular formula is C21H23N5O2S2. The zero-order valence-electron chi connectivity index (χ0n) is 17.0. The number of hydrogen-bond acceptors (Lipinski definition) is 6. The van der Waals surface area contributed by atoms with E-state index in [-0.39, 0.29) is 24.0 Å². The molecule has 0 saturated heterocycles. The van der Waals surface area contributed by atoms with Crippen molar-refractivity contribution in [3.63, 3.8) is 0 Å². The molecule has 0 saturated carbocycles. The molecule has 0 atom stereocenters. The number of anilines is 2. The largest absolute Gasteiger partial charge is 0.326 e. The van der Waals surface area contributed by atoms with Gasteiger partial charge < -0.3 is 15.2 Å². The van der Waals surface area contributed by atoms with Gasteiger partial charge in [0, 0.05) is 17.6 Å². The van der Waals surface area contributed by atoms with Crippen molar-refractivity contribution < 1.29 is 9.59 Å². The molecule has 2 aromatic carbocycles. The van der Waals surface area contributed by atoms with E-state index in [1.165, 1.54) is 11.8 Å². The second kappa shape index (κ2) is 10.3. The molecule has 9 heteroatoms. The highest BCUT2D eigenvalue weighted by Crippen LogP contribution is 2.25. The first kappa shape index (κ1) is 21.9. The summed E-state index contributed by atoms with van der Waals surface area (Å²) >= 11 is 2.86. The first-order valence-corrected chi connectivity index (χ1v) is 11.5. The van der Waals surface area contributed by atoms with E-state index in [0.717, 1.165) is 21.8 Å². The summed E-state index contributed by atoms with van der Waals surface area (Å²) in [6, 6.07) is 15.3. The lowest BCUT2D eigenvalue weighted by molar-refractivity contribution is -0.116. The van der Waals surface area contributed by atoms with Gasteiger partial charge in [-0.05, 0) is 37.4 Å². The van der Waals surface area contributed by atoms with Crippen LogP contribution in [-0.4, -0.2) is 38.6 Å². The van der Waals surface area contributed by atoms with Crippen molar-refractivity contribution in [3.05, 3.63) is 59.9 Å². The Labute approximate surface area is 184 Å². The minimum atomic E-state index is -0.169. The van der Waals surface area contributed by atoms with Gasteiger partial charge in [-0.25, -0.2) is 0 Å². The first-order chi connectivity index (χ1) is 14.5. The number of aryl methyl sites for hydroxylation is 1. The number of hydrogen-bond donors (Lipinski definition) is 2. The number of nitrogens with one attached hydrogen (secondary N) is 2. The van der Waals surface area contributed by atoms with Crippen LogP contribution in [0.15, 0.2) is 58.6 Å². The van der Waals surface area contributed by atoms with Crippen LogP contribution in [0.3, 0.4) is 0 Å². The van der Waals surface area contributed by atoms with Gasteiger partial charge in [-0.2, -0.15) is 0 Å². The molecule has 0 radical (unpaired) electrons. The van der Waals surface area contributed by atoms with E-state index in [0.29, 0.717) is 11.0 Å². The lowest BCUT2D eigenvalue weighted by atomic mass is 10.2. The van der Waals surface area contributed by atoms with Gasteiger partial charge in [0.15, 0.2) is 5.16 Å². The number of nitrogens with zero attached hydrogens (tertiary/aromatic N) is 3. The van der Waals surface area contributed by atoms with Crippen LogP contribution in [0, 0.1) is 6.92 Å². The van der Waals surface area contributed by atoms with E-state index in [2.05, 4.69) is 20.8 Å². The van der Waals surface area contributed by atoms with Crippen LogP contribution in [0.5, 0.6) is 0 Å². The van der Waals surface area contributed by atoms with Gasteiger partial charge in [-0.1, -0.05) is 41.6 Å². The van der Waals surface area contributed by atoms with Crippen LogP contribution < -0.4 is 10.6 Å². The van der Waals surface area contributed by atoms with Crippen molar-refractivity contribution in [1.82, 2.24) is 14.8 Å². The number of thioether (sulfide) groups is 2. The molecule has 156 valence electrons. The van der Waals surface area contributed by atoms with Crippen LogP contribution in [0.25, 0.3) is 0 Å². The van der Waals surface area contributed by atoms with E-state index < -0.39 is 0 Å². The Bertz CT molecular complexity index is 1030. The third-order valence-electron chi connectivity index (χ3n) is 4.29. The average molecular weight is 442 g/mol. The molecule has 0 spiro atoms. The number of amides is 2. The molecule has 0 fully saturated rings. The average Bonchev–Trinajstić information content (AvgIpc) is 3.08. The van der Waals surface area contributed by atoms with Crippen molar-refractivity contribution in [3.8, 4) is 0 Å². The Kier molecular flexibility index (Phi) is 7.53. The number of benzene rings is 2. The Hall–Kier alpha value is -2.78. The van der Waals surface area contributed by atoms with Crippen LogP contribution in [0.2, 0.25) is 0 Å². The van der Waals surface area contributed by atoms with Crippen LogP contribution in [0.4, 0.5) is 11.4 Å². The van der Waals surface area contributed by atoms with Gasteiger partial charge >= 0.3 is 0 Å². The van der Waals surface area contributed by atoms with E-state index in [1.54, 1.807) is 23.4 Å². The lowest BCUT2D eigenvalue weighted by Crippen LogP contribution is -2.17. The monoisotopic (exact) mass is 441 g/mol. The molecule has 3 rings (SSSR count). The van der Waals surface area contributed by atoms with Crippen molar-refractivity contribution >= 4 is 46.7 Å². The van der Waals surface area contributed by atoms with E-state index in [9.17, 15) is 9.59 Å². The number of carbonyl (C=O) groups is 2. The van der Waals surface area contributed by atoms with E-state index >= 15 is 0 Å². The van der Waals surface area contributed by atoms with E-state index in [1.807, 2.05) is 61.7 Å². The Morgan fingerprint density at radius 2 is 1.73 bits per heavy atom. The normalized spacial score (nSPS) is 10.6. The highest BCUT2D eigenvalue weighted by atomic mass is 32.2. The fraction of sp³-hybridized carbons (Fsp3) is 0.238. The second-order valence-electron chi connectivity index (χ2n) is 6.59. The van der Waals surface area contributed by atoms with Gasteiger partial charge in [0.1, 0.15) is 5.82 Å². The summed E-state index contributed by atoms with van der Waals surface area (Å²) in [6.45, 7) is 1.99. The predicted molar refractivity (Wildman–Crippen MR) is 122 cm³/mol. The summed E-state index contributed by atoms with van der Waals surface area (Å²) in [5, 5.41) is 14.6. The zero-order chi connectivity index (χ0) is 21.5. The van der Waals surface area contributed by atoms with Crippen molar-refractivity contribution in [2.75, 3.05) is 22.6 Å². The number of para-hydroxylation sites is 1. The Balaban J connectivity index is 1.54. The SMILES string of the molecule is CSc1ccccc1NC(=O)CSc1nnc(CC(=O)Nc2ccc(C)cc2)n1C. The molecule has 0 aliphatic carbocycles. The molecule has 2 amide bonds. The summed E-state index contributed by atoms with van der Waals surface area (Å²) in [6.07, 6.45) is 2.07. The molecule has 0 aliphatic heterocycles. The number of aromatic nitrogens is 3. The molecular weight excluding hydrogens is 418 g/mol. The second-order valence-corrected chi connectivity index (χ2v) is 8.38. The topological polar surface area (TPSA) is 88.9 Å². The van der Waals surface area contributed by atoms with Crippen molar-refractivity contribution in [1.29, 1.82) is 0 Å². The fourth-order valence-corrected chi connectivity index (χ4v) is 3.96. The molecule has 30 heavy (non-hydrogen) atoms. The molecule has 3 aromatic rings. The van der Waals surface area contributed by atoms with Crippen molar-refractivity contribution in [2.24, 2.45) is 7.05 Å². The summed E-state index contributed by atoms with van der Waals surface area (Å²) in [7, 11) is 1.79. The first-order valence-electron chi connectivity index (χ1n) is 9.26. The highest BCUT2D eigenvalue weighted by molar-refractivity contribution is 7.99. The maximum absolute atomic E-state index is 12.3. The molecule has 1 heterocycles. The van der Waals surface area contributed by atoms with Crippen molar-refractivity contribution in [2.45, 2.75) is 23.4 Å². The minimum absolute atomic E-state index is 0.102. The highest BCUT2D eigenvalue weighted by Gasteiger charge is 2.15. The standard InChI is InChI=1S/C21H23N5O2S2/c1-14-8-10-15(11-9-14)22-19(27)12-18-24-25-21(26(18)2)30-13-20(28)23-16-6-4-5-7-17(16)29-3/h4-11H,12-13H2,1-3H3,(H,22,27)(H,23,28). The molecule has 7 nitrogen and oxygen atoms in total. The molecule has 2 N–H and O–H groups in total. The third kappa shape index (κ3) is 5.87. The lowest BCUT2D eigenvalue weighted by Gasteiger charge is -2.09. The molecule has 1 aromatic heterocycles.